The maximum absolute atomic E-state index is 12.8. The van der Waals surface area contributed by atoms with Crippen LogP contribution in [0.25, 0.3) is 0 Å². The summed E-state index contributed by atoms with van der Waals surface area (Å²) in [5.41, 5.74) is 2.51. The molecule has 4 aliphatic rings. The minimum absolute atomic E-state index is 0.0435. The zero-order valence-electron chi connectivity index (χ0n) is 31.7. The van der Waals surface area contributed by atoms with Crippen molar-refractivity contribution in [3.63, 3.8) is 0 Å². The van der Waals surface area contributed by atoms with Crippen LogP contribution < -0.4 is 0 Å². The van der Waals surface area contributed by atoms with Crippen molar-refractivity contribution in [3.05, 3.63) is 48.1 Å². The molecule has 0 aromatic heterocycles. The summed E-state index contributed by atoms with van der Waals surface area (Å²) in [7, 11) is 0. The largest absolute Gasteiger partial charge is 0.462 e. The van der Waals surface area contributed by atoms with Gasteiger partial charge in [-0.1, -0.05) is 128 Å². The molecular weight excluding hydrogens is 572 g/mol. The Morgan fingerprint density at radius 1 is 0.830 bits per heavy atom. The third kappa shape index (κ3) is 10.5. The molecule has 0 N–H and O–H groups in total. The molecule has 0 aromatic rings. The van der Waals surface area contributed by atoms with Crippen molar-refractivity contribution in [3.8, 4) is 0 Å². The van der Waals surface area contributed by atoms with Crippen molar-refractivity contribution in [1.29, 1.82) is 0 Å². The van der Waals surface area contributed by atoms with Gasteiger partial charge in [-0.25, -0.2) is 0 Å². The molecule has 4 rings (SSSR count). The fourth-order valence-corrected chi connectivity index (χ4v) is 10.9. The highest BCUT2D eigenvalue weighted by atomic mass is 16.5. The van der Waals surface area contributed by atoms with Crippen LogP contribution in [0.5, 0.6) is 0 Å². The van der Waals surface area contributed by atoms with E-state index < -0.39 is 0 Å². The Kier molecular flexibility index (Phi) is 15.4. The number of carbonyl (C=O) groups excluding carboxylic acids is 1. The van der Waals surface area contributed by atoms with Gasteiger partial charge in [0.05, 0.1) is 0 Å². The van der Waals surface area contributed by atoms with Crippen LogP contribution in [0.3, 0.4) is 0 Å². The molecule has 47 heavy (non-hydrogen) atoms. The molecule has 0 radical (unpaired) electrons. The third-order valence-electron chi connectivity index (χ3n) is 13.6. The van der Waals surface area contributed by atoms with Crippen molar-refractivity contribution in [2.45, 2.75) is 182 Å². The van der Waals surface area contributed by atoms with Crippen LogP contribution in [0, 0.1) is 46.3 Å². The van der Waals surface area contributed by atoms with E-state index in [2.05, 4.69) is 84.1 Å². The van der Waals surface area contributed by atoms with Crippen molar-refractivity contribution >= 4 is 5.97 Å². The average molecular weight is 647 g/mol. The molecule has 0 amide bonds. The Bertz CT molecular complexity index is 1060. The zero-order chi connectivity index (χ0) is 33.7. The molecule has 0 aromatic carbocycles. The van der Waals surface area contributed by atoms with Crippen LogP contribution in [0.1, 0.15) is 176 Å². The van der Waals surface area contributed by atoms with E-state index in [1.54, 1.807) is 5.57 Å². The van der Waals surface area contributed by atoms with Crippen molar-refractivity contribution in [2.24, 2.45) is 46.3 Å². The van der Waals surface area contributed by atoms with Gasteiger partial charge >= 0.3 is 5.97 Å². The summed E-state index contributed by atoms with van der Waals surface area (Å²) in [5, 5.41) is 0. The van der Waals surface area contributed by atoms with Gasteiger partial charge in [0, 0.05) is 12.8 Å². The average Bonchev–Trinajstić information content (AvgIpc) is 3.40. The minimum atomic E-state index is 0.0435. The van der Waals surface area contributed by atoms with Crippen molar-refractivity contribution in [1.82, 2.24) is 0 Å². The molecular formula is C45H74O2. The first-order chi connectivity index (χ1) is 22.7. The van der Waals surface area contributed by atoms with E-state index >= 15 is 0 Å². The Balaban J connectivity index is 1.13. The number of fused-ring (bicyclic) bond motifs is 5. The monoisotopic (exact) mass is 647 g/mol. The molecule has 2 heteroatoms. The smallest absolute Gasteiger partial charge is 0.306 e. The first kappa shape index (κ1) is 38.2. The van der Waals surface area contributed by atoms with E-state index in [1.807, 2.05) is 0 Å². The summed E-state index contributed by atoms with van der Waals surface area (Å²) in [6.45, 7) is 14.8. The van der Waals surface area contributed by atoms with Gasteiger partial charge in [0.1, 0.15) is 6.10 Å². The van der Waals surface area contributed by atoms with Gasteiger partial charge in [-0.3, -0.25) is 4.79 Å². The van der Waals surface area contributed by atoms with E-state index in [0.717, 1.165) is 80.5 Å². The molecule has 0 aliphatic heterocycles. The highest BCUT2D eigenvalue weighted by Gasteiger charge is 2.59. The number of hydrogen-bond acceptors (Lipinski definition) is 2. The highest BCUT2D eigenvalue weighted by Crippen LogP contribution is 2.67. The molecule has 266 valence electrons. The topological polar surface area (TPSA) is 26.3 Å². The molecule has 8 atom stereocenters. The van der Waals surface area contributed by atoms with Gasteiger partial charge in [0.2, 0.25) is 0 Å². The second-order valence-electron chi connectivity index (χ2n) is 17.2. The number of hydrogen-bond donors (Lipinski definition) is 0. The second kappa shape index (κ2) is 19.0. The Morgan fingerprint density at radius 3 is 2.32 bits per heavy atom. The normalized spacial score (nSPS) is 32.9. The third-order valence-corrected chi connectivity index (χ3v) is 13.6. The summed E-state index contributed by atoms with van der Waals surface area (Å²) in [6, 6.07) is 0. The standard InChI is InChI=1S/C45H74O2/c1-7-8-9-10-11-12-13-14-15-16-17-18-19-20-21-25-43(46)47-38-30-32-44(5)37(34-38)26-27-39-41-29-28-40(36(4)24-22-23-35(2)3)45(41,6)33-31-42(39)44/h8-9,11-12,14-15,26,35-36,38-42H,7,10,13,16-25,27-34H2,1-6H3/b9-8+,12-11+,15-14-/t36-,38+,39+,40-,41+,42+,44+,45-/m1/s1. The van der Waals surface area contributed by atoms with Crippen LogP contribution in [0.4, 0.5) is 0 Å². The zero-order valence-corrected chi connectivity index (χ0v) is 31.7. The molecule has 4 aliphatic carbocycles. The van der Waals surface area contributed by atoms with Gasteiger partial charge in [-0.15, -0.1) is 0 Å². The van der Waals surface area contributed by atoms with Crippen molar-refractivity contribution < 1.29 is 9.53 Å². The lowest BCUT2D eigenvalue weighted by Crippen LogP contribution is -2.51. The first-order valence-electron chi connectivity index (χ1n) is 20.5. The van der Waals surface area contributed by atoms with Crippen molar-refractivity contribution in [2.75, 3.05) is 0 Å². The summed E-state index contributed by atoms with van der Waals surface area (Å²) in [4.78, 5) is 12.8. The first-order valence-corrected chi connectivity index (χ1v) is 20.5. The second-order valence-corrected chi connectivity index (χ2v) is 17.2. The lowest BCUT2D eigenvalue weighted by atomic mass is 9.47. The number of carbonyl (C=O) groups is 1. The molecule has 0 heterocycles. The summed E-state index contributed by atoms with van der Waals surface area (Å²) in [5.74, 6) is 5.28. The van der Waals surface area contributed by atoms with Crippen LogP contribution in [-0.2, 0) is 9.53 Å². The van der Waals surface area contributed by atoms with E-state index in [0.29, 0.717) is 17.3 Å². The Morgan fingerprint density at radius 2 is 1.55 bits per heavy atom. The lowest BCUT2D eigenvalue weighted by molar-refractivity contribution is -0.151. The summed E-state index contributed by atoms with van der Waals surface area (Å²) < 4.78 is 6.12. The number of allylic oxidation sites excluding steroid dienone is 7. The van der Waals surface area contributed by atoms with Gasteiger partial charge < -0.3 is 4.74 Å². The SMILES string of the molecule is CC/C=C/C/C=C/C/C=C\CCCCCCCC(=O)O[C@H]1CC[C@@]2(C)C(=CC[C@H]3[C@@H]4CC[C@H]([C@H](C)CCCC(C)C)[C@@]4(C)CC[C@@H]32)C1. The molecule has 0 saturated heterocycles. The quantitative estimate of drug-likeness (QED) is 0.0793. The predicted molar refractivity (Wildman–Crippen MR) is 202 cm³/mol. The fraction of sp³-hybridized carbons (Fsp3) is 0.800. The number of esters is 1. The van der Waals surface area contributed by atoms with Crippen LogP contribution >= 0.6 is 0 Å². The van der Waals surface area contributed by atoms with Crippen LogP contribution in [0.15, 0.2) is 48.1 Å². The van der Waals surface area contributed by atoms with Gasteiger partial charge in [-0.2, -0.15) is 0 Å². The molecule has 0 unspecified atom stereocenters. The number of rotatable bonds is 19. The number of ether oxygens (including phenoxy) is 1. The van der Waals surface area contributed by atoms with Crippen LogP contribution in [-0.4, -0.2) is 12.1 Å². The summed E-state index contributed by atoms with van der Waals surface area (Å²) in [6.07, 6.45) is 41.7. The maximum Gasteiger partial charge on any atom is 0.306 e. The predicted octanol–water partition coefficient (Wildman–Crippen LogP) is 13.5. The molecule has 3 saturated carbocycles. The van der Waals surface area contributed by atoms with E-state index in [1.165, 1.54) is 83.5 Å². The Hall–Kier alpha value is -1.57. The number of unbranched alkanes of at least 4 members (excludes halogenated alkanes) is 5. The van der Waals surface area contributed by atoms with E-state index in [-0.39, 0.29) is 12.1 Å². The minimum Gasteiger partial charge on any atom is -0.462 e. The maximum atomic E-state index is 12.8. The van der Waals surface area contributed by atoms with E-state index in [9.17, 15) is 4.79 Å². The molecule has 0 spiro atoms. The van der Waals surface area contributed by atoms with Gasteiger partial charge in [-0.05, 0) is 130 Å². The van der Waals surface area contributed by atoms with E-state index in [4.69, 9.17) is 4.74 Å². The molecule has 2 nitrogen and oxygen atoms in total. The van der Waals surface area contributed by atoms with Gasteiger partial charge in [0.15, 0.2) is 0 Å². The highest BCUT2D eigenvalue weighted by molar-refractivity contribution is 5.69. The molecule has 0 bridgehead atoms. The van der Waals surface area contributed by atoms with Gasteiger partial charge in [0.25, 0.3) is 0 Å². The Labute approximate surface area is 291 Å². The summed E-state index contributed by atoms with van der Waals surface area (Å²) >= 11 is 0. The lowest BCUT2D eigenvalue weighted by Gasteiger charge is -2.58. The fourth-order valence-electron chi connectivity index (χ4n) is 10.9. The molecule has 3 fully saturated rings. The van der Waals surface area contributed by atoms with Crippen LogP contribution in [0.2, 0.25) is 0 Å².